The second kappa shape index (κ2) is 29.7. The minimum absolute atomic E-state index is 0.0237. The van der Waals surface area contributed by atoms with Gasteiger partial charge in [0.1, 0.15) is 12.1 Å². The van der Waals surface area contributed by atoms with E-state index < -0.39 is 45.1 Å². The molecule has 0 radical (unpaired) electrons. The van der Waals surface area contributed by atoms with Gasteiger partial charge in [0.15, 0.2) is 0 Å². The van der Waals surface area contributed by atoms with E-state index >= 15 is 0 Å². The van der Waals surface area contributed by atoms with Crippen LogP contribution in [0.15, 0.2) is 0 Å². The van der Waals surface area contributed by atoms with E-state index in [1.165, 1.54) is 96.3 Å². The highest BCUT2D eigenvalue weighted by atomic mass is 31.2. The number of hydrogen-bond donors (Lipinski definition) is 3. The van der Waals surface area contributed by atoms with Crippen LogP contribution in [-0.2, 0) is 32.7 Å². The van der Waals surface area contributed by atoms with Gasteiger partial charge >= 0.3 is 19.8 Å². The zero-order valence-electron chi connectivity index (χ0n) is 27.3. The van der Waals surface area contributed by atoms with E-state index in [2.05, 4.69) is 18.4 Å². The van der Waals surface area contributed by atoms with Crippen molar-refractivity contribution in [2.75, 3.05) is 26.4 Å². The largest absolute Gasteiger partial charge is 0.480 e. The molecule has 256 valence electrons. The highest BCUT2D eigenvalue weighted by Gasteiger charge is 2.27. The Hall–Kier alpha value is -1.03. The average molecular weight is 638 g/mol. The Bertz CT molecular complexity index is 710. The van der Waals surface area contributed by atoms with E-state index in [9.17, 15) is 19.0 Å². The molecular formula is C32H64NO9P. The highest BCUT2D eigenvalue weighted by molar-refractivity contribution is 7.47. The second-order valence-corrected chi connectivity index (χ2v) is 13.1. The standard InChI is InChI=1S/C32H64NO9P/c1-3-5-7-9-11-13-14-15-16-18-20-22-24-31(34)42-29(27-40-43(37,38)41-28-30(33)32(35)36)26-39-25-23-21-19-17-12-10-8-6-4-2/h29-30H,3-28,33H2,1-2H3,(H,35,36)(H,37,38). The summed E-state index contributed by atoms with van der Waals surface area (Å²) in [6.45, 7) is 3.85. The van der Waals surface area contributed by atoms with Gasteiger partial charge in [-0.3, -0.25) is 18.6 Å². The molecule has 0 saturated carbocycles. The molecule has 0 saturated heterocycles. The van der Waals surface area contributed by atoms with Crippen molar-refractivity contribution in [2.24, 2.45) is 5.73 Å². The van der Waals surface area contributed by atoms with Gasteiger partial charge in [-0.2, -0.15) is 0 Å². The predicted octanol–water partition coefficient (Wildman–Crippen LogP) is 8.08. The number of unbranched alkanes of at least 4 members (excludes halogenated alkanes) is 19. The summed E-state index contributed by atoms with van der Waals surface area (Å²) in [5.41, 5.74) is 5.31. The summed E-state index contributed by atoms with van der Waals surface area (Å²) in [4.78, 5) is 33.2. The first-order valence-electron chi connectivity index (χ1n) is 17.1. The van der Waals surface area contributed by atoms with E-state index in [1.807, 2.05) is 0 Å². The zero-order valence-corrected chi connectivity index (χ0v) is 28.2. The van der Waals surface area contributed by atoms with Gasteiger partial charge in [0.05, 0.1) is 19.8 Å². The molecule has 10 nitrogen and oxygen atoms in total. The van der Waals surface area contributed by atoms with E-state index in [-0.39, 0.29) is 13.0 Å². The molecule has 0 aromatic rings. The van der Waals surface area contributed by atoms with Crippen LogP contribution < -0.4 is 5.73 Å². The third-order valence-corrected chi connectivity index (χ3v) is 8.34. The van der Waals surface area contributed by atoms with E-state index in [4.69, 9.17) is 24.8 Å². The van der Waals surface area contributed by atoms with Crippen LogP contribution >= 0.6 is 7.82 Å². The van der Waals surface area contributed by atoms with Crippen molar-refractivity contribution in [3.8, 4) is 0 Å². The zero-order chi connectivity index (χ0) is 32.0. The maximum absolute atomic E-state index is 12.5. The minimum atomic E-state index is -4.59. The molecular weight excluding hydrogens is 573 g/mol. The molecule has 0 aromatic carbocycles. The fourth-order valence-corrected chi connectivity index (χ4v) is 5.44. The number of hydrogen-bond acceptors (Lipinski definition) is 8. The fourth-order valence-electron chi connectivity index (χ4n) is 4.66. The fraction of sp³-hybridized carbons (Fsp3) is 0.938. The number of phosphoric ester groups is 1. The number of ether oxygens (including phenoxy) is 2. The molecule has 3 unspecified atom stereocenters. The molecule has 0 heterocycles. The highest BCUT2D eigenvalue weighted by Crippen LogP contribution is 2.43. The van der Waals surface area contributed by atoms with Crippen LogP contribution in [-0.4, -0.2) is 60.5 Å². The lowest BCUT2D eigenvalue weighted by Gasteiger charge is -2.20. The van der Waals surface area contributed by atoms with Crippen LogP contribution in [0.25, 0.3) is 0 Å². The number of carbonyl (C=O) groups is 2. The molecule has 0 aliphatic heterocycles. The third kappa shape index (κ3) is 29.4. The minimum Gasteiger partial charge on any atom is -0.480 e. The van der Waals surface area contributed by atoms with E-state index in [0.29, 0.717) is 6.61 Å². The number of esters is 1. The quantitative estimate of drug-likeness (QED) is 0.0365. The summed E-state index contributed by atoms with van der Waals surface area (Å²) in [5.74, 6) is -1.77. The Morgan fingerprint density at radius 1 is 0.651 bits per heavy atom. The molecule has 0 rings (SSSR count). The topological polar surface area (TPSA) is 155 Å². The van der Waals surface area contributed by atoms with Crippen LogP contribution in [0, 0.1) is 0 Å². The Morgan fingerprint density at radius 2 is 1.07 bits per heavy atom. The number of carboxylic acid groups (broad SMARTS) is 1. The number of rotatable bonds is 33. The van der Waals surface area contributed by atoms with Crippen molar-refractivity contribution >= 4 is 19.8 Å². The van der Waals surface area contributed by atoms with Gasteiger partial charge in [0.25, 0.3) is 0 Å². The maximum atomic E-state index is 12.5. The molecule has 0 aromatic heterocycles. The van der Waals surface area contributed by atoms with Crippen LogP contribution in [0.4, 0.5) is 0 Å². The van der Waals surface area contributed by atoms with Crippen LogP contribution in [0.2, 0.25) is 0 Å². The lowest BCUT2D eigenvalue weighted by Crippen LogP contribution is -2.34. The molecule has 0 amide bonds. The third-order valence-electron chi connectivity index (χ3n) is 7.39. The normalized spacial score (nSPS) is 14.3. The van der Waals surface area contributed by atoms with Crippen molar-refractivity contribution in [2.45, 2.75) is 167 Å². The Balaban J connectivity index is 4.33. The molecule has 11 heteroatoms. The molecule has 4 N–H and O–H groups in total. The number of nitrogens with two attached hydrogens (primary N) is 1. The summed E-state index contributed by atoms with van der Waals surface area (Å²) < 4.78 is 33.0. The predicted molar refractivity (Wildman–Crippen MR) is 171 cm³/mol. The summed E-state index contributed by atoms with van der Waals surface area (Å²) >= 11 is 0. The summed E-state index contributed by atoms with van der Waals surface area (Å²) in [5, 5.41) is 8.82. The first-order chi connectivity index (χ1) is 20.7. The number of aliphatic carboxylic acids is 1. The molecule has 3 atom stereocenters. The Kier molecular flexibility index (Phi) is 29.0. The van der Waals surface area contributed by atoms with Gasteiger partial charge in [-0.25, -0.2) is 4.57 Å². The lowest BCUT2D eigenvalue weighted by molar-refractivity contribution is -0.154. The molecule has 0 spiro atoms. The van der Waals surface area contributed by atoms with Crippen molar-refractivity contribution in [1.29, 1.82) is 0 Å². The number of carbonyl (C=O) groups excluding carboxylic acids is 1. The summed E-state index contributed by atoms with van der Waals surface area (Å²) in [6, 6.07) is -1.46. The van der Waals surface area contributed by atoms with Crippen LogP contribution in [0.1, 0.15) is 155 Å². The van der Waals surface area contributed by atoms with Crippen molar-refractivity contribution < 1.29 is 42.7 Å². The molecule has 43 heavy (non-hydrogen) atoms. The van der Waals surface area contributed by atoms with Crippen LogP contribution in [0.5, 0.6) is 0 Å². The van der Waals surface area contributed by atoms with Crippen molar-refractivity contribution in [1.82, 2.24) is 0 Å². The summed E-state index contributed by atoms with van der Waals surface area (Å²) in [6.07, 6.45) is 24.4. The maximum Gasteiger partial charge on any atom is 0.472 e. The number of phosphoric acid groups is 1. The number of carboxylic acids is 1. The van der Waals surface area contributed by atoms with Crippen molar-refractivity contribution in [3.63, 3.8) is 0 Å². The van der Waals surface area contributed by atoms with Gasteiger partial charge in [0, 0.05) is 13.0 Å². The smallest absolute Gasteiger partial charge is 0.472 e. The summed E-state index contributed by atoms with van der Waals surface area (Å²) in [7, 11) is -4.59. The SMILES string of the molecule is CCCCCCCCCCCCCCC(=O)OC(COCCCCCCCCCCC)COP(=O)(O)OCC(N)C(=O)O. The van der Waals surface area contributed by atoms with E-state index in [0.717, 1.165) is 38.5 Å². The van der Waals surface area contributed by atoms with Crippen molar-refractivity contribution in [3.05, 3.63) is 0 Å². The Morgan fingerprint density at radius 3 is 1.53 bits per heavy atom. The lowest BCUT2D eigenvalue weighted by atomic mass is 10.0. The first kappa shape index (κ1) is 42.0. The van der Waals surface area contributed by atoms with Gasteiger partial charge in [-0.05, 0) is 12.8 Å². The van der Waals surface area contributed by atoms with Gasteiger partial charge in [-0.1, -0.05) is 136 Å². The Labute approximate surface area is 261 Å². The molecule has 0 fully saturated rings. The average Bonchev–Trinajstić information content (AvgIpc) is 2.97. The van der Waals surface area contributed by atoms with Gasteiger partial charge < -0.3 is 25.2 Å². The van der Waals surface area contributed by atoms with Gasteiger partial charge in [0.2, 0.25) is 0 Å². The first-order valence-corrected chi connectivity index (χ1v) is 18.6. The van der Waals surface area contributed by atoms with Gasteiger partial charge in [-0.15, -0.1) is 0 Å². The van der Waals surface area contributed by atoms with E-state index in [1.54, 1.807) is 0 Å². The second-order valence-electron chi connectivity index (χ2n) is 11.7. The van der Waals surface area contributed by atoms with Crippen LogP contribution in [0.3, 0.4) is 0 Å². The monoisotopic (exact) mass is 637 g/mol. The molecule has 0 aliphatic rings. The molecule has 0 aliphatic carbocycles. The molecule has 0 bridgehead atoms.